The molecular weight excluding hydrogens is 306 g/mol. The van der Waals surface area contributed by atoms with Gasteiger partial charge in [-0.2, -0.15) is 11.3 Å². The van der Waals surface area contributed by atoms with E-state index in [1.807, 2.05) is 16.8 Å². The molecule has 0 spiro atoms. The predicted octanol–water partition coefficient (Wildman–Crippen LogP) is 3.39. The topological polar surface area (TPSA) is 58.1 Å². The average molecular weight is 318 g/mol. The first-order valence-electron chi connectivity index (χ1n) is 5.61. The molecule has 9 heteroatoms. The Labute approximate surface area is 122 Å². The van der Waals surface area contributed by atoms with Crippen molar-refractivity contribution in [2.24, 2.45) is 0 Å². The molecule has 0 bridgehead atoms. The number of aromatic nitrogens is 2. The van der Waals surface area contributed by atoms with Gasteiger partial charge in [0.25, 0.3) is 5.92 Å². The van der Waals surface area contributed by atoms with Crippen LogP contribution < -0.4 is 5.32 Å². The molecule has 0 fully saturated rings. The van der Waals surface area contributed by atoms with Gasteiger partial charge in [0.1, 0.15) is 5.01 Å². The van der Waals surface area contributed by atoms with Gasteiger partial charge < -0.3 is 4.90 Å². The second-order valence-electron chi connectivity index (χ2n) is 4.28. The highest BCUT2D eigenvalue weighted by atomic mass is 32.1. The molecule has 2 heterocycles. The Bertz CT molecular complexity index is 580. The van der Waals surface area contributed by atoms with E-state index in [0.717, 1.165) is 17.4 Å². The molecule has 0 aliphatic rings. The fourth-order valence-corrected chi connectivity index (χ4v) is 2.90. The van der Waals surface area contributed by atoms with E-state index in [4.69, 9.17) is 0 Å². The number of nitrogens with zero attached hydrogens (tertiary/aromatic N) is 3. The summed E-state index contributed by atoms with van der Waals surface area (Å²) in [6.45, 7) is 0.103. The Hall–Kier alpha value is -1.61. The number of nitrogens with one attached hydrogen (secondary N) is 1. The fraction of sp³-hybridized carbons (Fsp3) is 0.364. The quantitative estimate of drug-likeness (QED) is 0.940. The summed E-state index contributed by atoms with van der Waals surface area (Å²) in [4.78, 5) is 12.6. The number of alkyl halides is 2. The molecule has 2 aromatic heterocycles. The third-order valence-electron chi connectivity index (χ3n) is 2.27. The average Bonchev–Trinajstić information content (AvgIpc) is 2.95. The van der Waals surface area contributed by atoms with E-state index in [0.29, 0.717) is 5.01 Å². The summed E-state index contributed by atoms with van der Waals surface area (Å²) < 4.78 is 25.6. The van der Waals surface area contributed by atoms with Gasteiger partial charge in [-0.25, -0.2) is 13.6 Å². The zero-order chi connectivity index (χ0) is 14.8. The Morgan fingerprint density at radius 1 is 1.50 bits per heavy atom. The van der Waals surface area contributed by atoms with Crippen LogP contribution in [0.3, 0.4) is 0 Å². The molecule has 0 radical (unpaired) electrons. The van der Waals surface area contributed by atoms with Crippen molar-refractivity contribution < 1.29 is 13.6 Å². The summed E-state index contributed by atoms with van der Waals surface area (Å²) in [5.74, 6) is -2.94. The van der Waals surface area contributed by atoms with Gasteiger partial charge in [0, 0.05) is 24.9 Å². The molecule has 2 aromatic rings. The highest BCUT2D eigenvalue weighted by Gasteiger charge is 2.26. The number of hydrogen-bond donors (Lipinski definition) is 1. The normalized spacial score (nSPS) is 11.4. The molecule has 0 aromatic carbocycles. The molecule has 0 aliphatic carbocycles. The van der Waals surface area contributed by atoms with Crippen molar-refractivity contribution in [3.05, 3.63) is 16.8 Å². The van der Waals surface area contributed by atoms with Crippen LogP contribution in [0.4, 0.5) is 18.7 Å². The van der Waals surface area contributed by atoms with E-state index in [1.165, 1.54) is 29.7 Å². The second-order valence-corrected chi connectivity index (χ2v) is 6.04. The molecule has 0 atom stereocenters. The van der Waals surface area contributed by atoms with Crippen LogP contribution in [0, 0.1) is 0 Å². The molecule has 0 saturated heterocycles. The van der Waals surface area contributed by atoms with Gasteiger partial charge in [-0.1, -0.05) is 11.3 Å². The van der Waals surface area contributed by atoms with E-state index < -0.39 is 18.5 Å². The van der Waals surface area contributed by atoms with E-state index in [-0.39, 0.29) is 5.13 Å². The number of halogens is 2. The summed E-state index contributed by atoms with van der Waals surface area (Å²) in [5, 5.41) is 15.0. The summed E-state index contributed by atoms with van der Waals surface area (Å²) in [5.41, 5.74) is 0.918. The van der Waals surface area contributed by atoms with E-state index in [1.54, 1.807) is 0 Å². The van der Waals surface area contributed by atoms with Crippen LogP contribution >= 0.6 is 22.7 Å². The first-order chi connectivity index (χ1) is 9.35. The highest BCUT2D eigenvalue weighted by Crippen LogP contribution is 2.28. The Balaban J connectivity index is 1.98. The van der Waals surface area contributed by atoms with Crippen LogP contribution in [0.5, 0.6) is 0 Å². The predicted molar refractivity (Wildman–Crippen MR) is 75.5 cm³/mol. The molecule has 2 amide bonds. The number of amides is 2. The van der Waals surface area contributed by atoms with E-state index >= 15 is 0 Å². The van der Waals surface area contributed by atoms with Crippen molar-refractivity contribution in [2.75, 3.05) is 18.9 Å². The second kappa shape index (κ2) is 5.80. The Kier molecular flexibility index (Phi) is 4.29. The standard InChI is InChI=1S/C11H12F2N4OS2/c1-11(12,13)6-17(2)10(18)14-9-16-15-8(20-9)7-3-4-19-5-7/h3-5H,6H2,1-2H3,(H,14,16,18). The van der Waals surface area contributed by atoms with Crippen molar-refractivity contribution in [3.8, 4) is 10.6 Å². The van der Waals surface area contributed by atoms with Gasteiger partial charge >= 0.3 is 6.03 Å². The Morgan fingerprint density at radius 2 is 2.25 bits per heavy atom. The maximum Gasteiger partial charge on any atom is 0.323 e. The lowest BCUT2D eigenvalue weighted by molar-refractivity contribution is 0.00170. The van der Waals surface area contributed by atoms with Gasteiger partial charge in [-0.3, -0.25) is 5.32 Å². The maximum atomic E-state index is 12.8. The van der Waals surface area contributed by atoms with Gasteiger partial charge in [0.05, 0.1) is 6.54 Å². The number of hydrogen-bond acceptors (Lipinski definition) is 5. The van der Waals surface area contributed by atoms with Crippen molar-refractivity contribution >= 4 is 33.8 Å². The van der Waals surface area contributed by atoms with E-state index in [2.05, 4.69) is 15.5 Å². The lowest BCUT2D eigenvalue weighted by atomic mass is 10.4. The third kappa shape index (κ3) is 3.94. The van der Waals surface area contributed by atoms with Crippen LogP contribution in [-0.4, -0.2) is 40.6 Å². The fourth-order valence-electron chi connectivity index (χ4n) is 1.45. The molecule has 5 nitrogen and oxygen atoms in total. The first kappa shape index (κ1) is 14.8. The number of thiophene rings is 1. The zero-order valence-electron chi connectivity index (χ0n) is 10.8. The maximum absolute atomic E-state index is 12.8. The lowest BCUT2D eigenvalue weighted by Crippen LogP contribution is -2.39. The molecule has 0 unspecified atom stereocenters. The zero-order valence-corrected chi connectivity index (χ0v) is 12.4. The third-order valence-corrected chi connectivity index (χ3v) is 3.84. The first-order valence-corrected chi connectivity index (χ1v) is 7.37. The summed E-state index contributed by atoms with van der Waals surface area (Å²) >= 11 is 2.72. The van der Waals surface area contributed by atoms with Gasteiger partial charge in [-0.15, -0.1) is 10.2 Å². The van der Waals surface area contributed by atoms with Crippen molar-refractivity contribution in [2.45, 2.75) is 12.8 Å². The van der Waals surface area contributed by atoms with Gasteiger partial charge in [0.15, 0.2) is 0 Å². The summed E-state index contributed by atoms with van der Waals surface area (Å²) in [6.07, 6.45) is 0. The van der Waals surface area contributed by atoms with Gasteiger partial charge in [0.2, 0.25) is 5.13 Å². The molecule has 108 valence electrons. The van der Waals surface area contributed by atoms with Crippen molar-refractivity contribution in [3.63, 3.8) is 0 Å². The summed E-state index contributed by atoms with van der Waals surface area (Å²) in [6, 6.07) is 1.25. The molecule has 0 aliphatic heterocycles. The summed E-state index contributed by atoms with van der Waals surface area (Å²) in [7, 11) is 1.30. The van der Waals surface area contributed by atoms with Crippen molar-refractivity contribution in [1.29, 1.82) is 0 Å². The molecule has 1 N–H and O–H groups in total. The monoisotopic (exact) mass is 318 g/mol. The molecule has 20 heavy (non-hydrogen) atoms. The number of rotatable bonds is 4. The van der Waals surface area contributed by atoms with Crippen LogP contribution in [0.15, 0.2) is 16.8 Å². The molecular formula is C11H12F2N4OS2. The van der Waals surface area contributed by atoms with Gasteiger partial charge in [-0.05, 0) is 11.4 Å². The lowest BCUT2D eigenvalue weighted by Gasteiger charge is -2.20. The SMILES string of the molecule is CN(CC(C)(F)F)C(=O)Nc1nnc(-c2ccsc2)s1. The van der Waals surface area contributed by atoms with Crippen LogP contribution in [0.1, 0.15) is 6.92 Å². The van der Waals surface area contributed by atoms with Crippen molar-refractivity contribution in [1.82, 2.24) is 15.1 Å². The highest BCUT2D eigenvalue weighted by molar-refractivity contribution is 7.19. The molecule has 0 saturated carbocycles. The minimum atomic E-state index is -2.94. The number of urea groups is 1. The number of anilines is 1. The van der Waals surface area contributed by atoms with Crippen LogP contribution in [0.2, 0.25) is 0 Å². The van der Waals surface area contributed by atoms with Crippen LogP contribution in [-0.2, 0) is 0 Å². The number of carbonyl (C=O) groups excluding carboxylic acids is 1. The molecule has 2 rings (SSSR count). The number of carbonyl (C=O) groups is 1. The minimum absolute atomic E-state index is 0.280. The van der Waals surface area contributed by atoms with Crippen LogP contribution in [0.25, 0.3) is 10.6 Å². The Morgan fingerprint density at radius 3 is 2.85 bits per heavy atom. The van der Waals surface area contributed by atoms with E-state index in [9.17, 15) is 13.6 Å². The smallest absolute Gasteiger partial charge is 0.322 e. The minimum Gasteiger partial charge on any atom is -0.322 e. The largest absolute Gasteiger partial charge is 0.323 e.